The van der Waals surface area contributed by atoms with Gasteiger partial charge in [-0.25, -0.2) is 0 Å². The summed E-state index contributed by atoms with van der Waals surface area (Å²) in [5.74, 6) is 0. The monoisotopic (exact) mass is 164 g/mol. The summed E-state index contributed by atoms with van der Waals surface area (Å²) in [6, 6.07) is 0. The highest BCUT2D eigenvalue weighted by Crippen LogP contribution is 2.07. The third-order valence-corrected chi connectivity index (χ3v) is 1.55. The Balaban J connectivity index is 4.28. The lowest BCUT2D eigenvalue weighted by Gasteiger charge is -1.98. The zero-order valence-electron chi connectivity index (χ0n) is 13.2. The van der Waals surface area contributed by atoms with Gasteiger partial charge in [0.05, 0.1) is 2.74 Å². The van der Waals surface area contributed by atoms with Crippen LogP contribution in [-0.4, -0.2) is 11.7 Å². The minimum Gasteiger partial charge on any atom is -0.396 e. The molecule has 0 fully saturated rings. The van der Waals surface area contributed by atoms with E-state index < -0.39 is 19.3 Å². The first-order valence-corrected chi connectivity index (χ1v) is 4.28. The highest BCUT2D eigenvalue weighted by molar-refractivity contribution is 4.44. The maximum atomic E-state index is 9.04. The van der Waals surface area contributed by atoms with Crippen molar-refractivity contribution in [3.05, 3.63) is 0 Å². The number of hydrogen-bond acceptors (Lipinski definition) is 1. The Morgan fingerprint density at radius 2 is 1.64 bits per heavy atom. The summed E-state index contributed by atoms with van der Waals surface area (Å²) in [5.41, 5.74) is 0. The molecule has 0 amide bonds. The van der Waals surface area contributed by atoms with Crippen LogP contribution in [-0.2, 0) is 0 Å². The minimum atomic E-state index is -3.17. The predicted molar refractivity (Wildman–Crippen MR) is 49.7 cm³/mol. The SMILES string of the molecule is [2H]C([2H])(O)C([2H])([2H])C([2H])([2H])CCCCCCC. The lowest BCUT2D eigenvalue weighted by molar-refractivity contribution is 0.282. The van der Waals surface area contributed by atoms with E-state index in [4.69, 9.17) is 13.3 Å². The second-order valence-electron chi connectivity index (χ2n) is 2.58. The zero-order chi connectivity index (χ0) is 13.7. The second-order valence-corrected chi connectivity index (χ2v) is 2.58. The Kier molecular flexibility index (Phi) is 3.86. The van der Waals surface area contributed by atoms with Crippen molar-refractivity contribution in [1.82, 2.24) is 0 Å². The van der Waals surface area contributed by atoms with Gasteiger partial charge in [-0.3, -0.25) is 0 Å². The lowest BCUT2D eigenvalue weighted by Crippen LogP contribution is -1.83. The van der Waals surface area contributed by atoms with E-state index in [0.29, 0.717) is 6.42 Å². The molecule has 0 aromatic rings. The molecule has 0 saturated heterocycles. The van der Waals surface area contributed by atoms with E-state index in [1.54, 1.807) is 0 Å². The molecule has 1 N–H and O–H groups in total. The standard InChI is InChI=1S/C10H22O/c1-2-3-4-5-6-7-8-9-10-11/h11H,2-10H2,1H3/i8D2,9D2,10D2. The van der Waals surface area contributed by atoms with E-state index in [-0.39, 0.29) is 6.42 Å². The molecule has 1 nitrogen and oxygen atoms in total. The number of hydrogen-bond donors (Lipinski definition) is 1. The molecule has 0 radical (unpaired) electrons. The molecule has 0 heterocycles. The van der Waals surface area contributed by atoms with E-state index in [2.05, 4.69) is 6.92 Å². The first kappa shape index (κ1) is 4.27. The summed E-state index contributed by atoms with van der Waals surface area (Å²) in [7, 11) is 0. The van der Waals surface area contributed by atoms with Crippen molar-refractivity contribution in [2.24, 2.45) is 0 Å². The van der Waals surface area contributed by atoms with E-state index >= 15 is 0 Å². The lowest BCUT2D eigenvalue weighted by atomic mass is 10.1. The van der Waals surface area contributed by atoms with Crippen LogP contribution in [0, 0.1) is 0 Å². The fourth-order valence-electron chi connectivity index (χ4n) is 0.919. The fraction of sp³-hybridized carbons (Fsp3) is 1.00. The molecule has 1 heteroatoms. The molecule has 0 aliphatic rings. The van der Waals surface area contributed by atoms with Gasteiger partial charge in [0.1, 0.15) is 0 Å². The van der Waals surface area contributed by atoms with E-state index in [9.17, 15) is 0 Å². The van der Waals surface area contributed by atoms with Crippen LogP contribution in [0.3, 0.4) is 0 Å². The summed E-state index contributed by atoms with van der Waals surface area (Å²) >= 11 is 0. The average Bonchev–Trinajstić information content (AvgIpc) is 2.15. The van der Waals surface area contributed by atoms with Gasteiger partial charge in [-0.2, -0.15) is 0 Å². The Morgan fingerprint density at radius 3 is 2.27 bits per heavy atom. The van der Waals surface area contributed by atoms with Crippen LogP contribution in [0.15, 0.2) is 0 Å². The molecular formula is C10H22O. The van der Waals surface area contributed by atoms with E-state index in [0.717, 1.165) is 25.7 Å². The quantitative estimate of drug-likeness (QED) is 0.546. The van der Waals surface area contributed by atoms with Crippen molar-refractivity contribution in [2.75, 3.05) is 6.56 Å². The van der Waals surface area contributed by atoms with Crippen LogP contribution in [0.5, 0.6) is 0 Å². The molecule has 11 heavy (non-hydrogen) atoms. The fourth-order valence-corrected chi connectivity index (χ4v) is 0.919. The Hall–Kier alpha value is -0.0400. The molecule has 0 unspecified atom stereocenters. The van der Waals surface area contributed by atoms with Crippen LogP contribution >= 0.6 is 0 Å². The topological polar surface area (TPSA) is 20.2 Å². The van der Waals surface area contributed by atoms with Crippen LogP contribution < -0.4 is 0 Å². The summed E-state index contributed by atoms with van der Waals surface area (Å²) in [4.78, 5) is 0. The third kappa shape index (κ3) is 9.96. The summed E-state index contributed by atoms with van der Waals surface area (Å²) < 4.78 is 43.7. The molecule has 0 rings (SSSR count). The second kappa shape index (κ2) is 9.96. The highest BCUT2D eigenvalue weighted by Gasteiger charge is 1.89. The normalized spacial score (nSPS) is 22.4. The Labute approximate surface area is 79.2 Å². The molecule has 0 aromatic heterocycles. The molecule has 0 spiro atoms. The van der Waals surface area contributed by atoms with E-state index in [1.807, 2.05) is 0 Å². The highest BCUT2D eigenvalue weighted by atomic mass is 16.2. The summed E-state index contributed by atoms with van der Waals surface area (Å²) in [6.07, 6.45) is -0.919. The number of unbranched alkanes of at least 4 members (excludes halogenated alkanes) is 4. The Bertz CT molecular complexity index is 223. The van der Waals surface area contributed by atoms with Crippen LogP contribution in [0.1, 0.15) is 66.4 Å². The molecule has 0 bridgehead atoms. The average molecular weight is 164 g/mol. The summed E-state index contributed by atoms with van der Waals surface area (Å²) in [6.45, 7) is -1.10. The predicted octanol–water partition coefficient (Wildman–Crippen LogP) is 3.12. The van der Waals surface area contributed by atoms with Crippen molar-refractivity contribution in [1.29, 1.82) is 0 Å². The van der Waals surface area contributed by atoms with Crippen molar-refractivity contribution in [2.45, 2.75) is 58.2 Å². The van der Waals surface area contributed by atoms with Gasteiger partial charge in [0.25, 0.3) is 0 Å². The molecule has 0 aliphatic heterocycles. The van der Waals surface area contributed by atoms with Crippen LogP contribution in [0.4, 0.5) is 0 Å². The van der Waals surface area contributed by atoms with Gasteiger partial charge in [0.2, 0.25) is 0 Å². The van der Waals surface area contributed by atoms with Gasteiger partial charge < -0.3 is 5.11 Å². The van der Waals surface area contributed by atoms with Gasteiger partial charge >= 0.3 is 0 Å². The number of aliphatic hydroxyl groups is 1. The zero-order valence-corrected chi connectivity index (χ0v) is 7.19. The maximum absolute atomic E-state index is 9.04. The molecular weight excluding hydrogens is 136 g/mol. The van der Waals surface area contributed by atoms with Crippen molar-refractivity contribution in [3.8, 4) is 0 Å². The number of rotatable bonds is 8. The van der Waals surface area contributed by atoms with Crippen molar-refractivity contribution < 1.29 is 13.3 Å². The Morgan fingerprint density at radius 1 is 1.00 bits per heavy atom. The first-order chi connectivity index (χ1) is 7.56. The smallest absolute Gasteiger partial charge is 0.0564 e. The van der Waals surface area contributed by atoms with Gasteiger partial charge in [-0.05, 0) is 6.37 Å². The molecule has 68 valence electrons. The molecule has 0 atom stereocenters. The first-order valence-electron chi connectivity index (χ1n) is 7.28. The minimum absolute atomic E-state index is 0.0796. The third-order valence-electron chi connectivity index (χ3n) is 1.55. The van der Waals surface area contributed by atoms with Gasteiger partial charge in [0.15, 0.2) is 0 Å². The molecule has 0 aromatic carbocycles. The van der Waals surface area contributed by atoms with Crippen molar-refractivity contribution >= 4 is 0 Å². The van der Waals surface area contributed by atoms with Gasteiger partial charge in [0, 0.05) is 12.0 Å². The molecule has 0 aliphatic carbocycles. The van der Waals surface area contributed by atoms with Gasteiger partial charge in [-0.15, -0.1) is 0 Å². The van der Waals surface area contributed by atoms with Crippen LogP contribution in [0.2, 0.25) is 0 Å². The largest absolute Gasteiger partial charge is 0.396 e. The summed E-state index contributed by atoms with van der Waals surface area (Å²) in [5, 5.41) is 9.04. The van der Waals surface area contributed by atoms with Gasteiger partial charge in [-0.1, -0.05) is 51.8 Å². The van der Waals surface area contributed by atoms with Crippen molar-refractivity contribution in [3.63, 3.8) is 0 Å². The van der Waals surface area contributed by atoms with E-state index in [1.165, 1.54) is 0 Å². The molecule has 0 saturated carbocycles. The maximum Gasteiger partial charge on any atom is 0.0564 e. The van der Waals surface area contributed by atoms with Crippen LogP contribution in [0.25, 0.3) is 0 Å².